The van der Waals surface area contributed by atoms with E-state index in [9.17, 15) is 9.50 Å². The zero-order valence-electron chi connectivity index (χ0n) is 10.7. The van der Waals surface area contributed by atoms with Crippen LogP contribution in [0.4, 0.5) is 4.39 Å². The van der Waals surface area contributed by atoms with E-state index in [0.29, 0.717) is 12.1 Å². The summed E-state index contributed by atoms with van der Waals surface area (Å²) in [6, 6.07) is 4.71. The van der Waals surface area contributed by atoms with Crippen LogP contribution in [0, 0.1) is 12.7 Å². The van der Waals surface area contributed by atoms with Crippen molar-refractivity contribution in [2.45, 2.75) is 13.0 Å². The van der Waals surface area contributed by atoms with Crippen molar-refractivity contribution in [3.05, 3.63) is 35.1 Å². The molecule has 1 unspecified atom stereocenters. The maximum Gasteiger partial charge on any atom is 0.126 e. The van der Waals surface area contributed by atoms with Crippen LogP contribution >= 0.6 is 0 Å². The van der Waals surface area contributed by atoms with Gasteiger partial charge in [0.2, 0.25) is 0 Å². The normalized spacial score (nSPS) is 13.1. The number of likely N-dealkylation sites (N-methyl/N-ethyl adjacent to an activating group) is 1. The summed E-state index contributed by atoms with van der Waals surface area (Å²) in [4.78, 5) is 2.07. The third-order valence-corrected chi connectivity index (χ3v) is 2.64. The van der Waals surface area contributed by atoms with E-state index in [1.165, 1.54) is 6.07 Å². The predicted molar refractivity (Wildman–Crippen MR) is 67.5 cm³/mol. The van der Waals surface area contributed by atoms with Crippen molar-refractivity contribution in [1.29, 1.82) is 0 Å². The molecule has 2 N–H and O–H groups in total. The van der Waals surface area contributed by atoms with Gasteiger partial charge in [-0.2, -0.15) is 0 Å². The quantitative estimate of drug-likeness (QED) is 0.736. The molecule has 0 fully saturated rings. The average Bonchev–Trinajstić information content (AvgIpc) is 2.27. The summed E-state index contributed by atoms with van der Waals surface area (Å²) in [5.74, 6) is -0.235. The molecule has 1 atom stereocenters. The highest BCUT2D eigenvalue weighted by Gasteiger charge is 2.08. The van der Waals surface area contributed by atoms with Crippen LogP contribution in [-0.2, 0) is 0 Å². The first-order chi connectivity index (χ1) is 8.00. The smallest absolute Gasteiger partial charge is 0.126 e. The van der Waals surface area contributed by atoms with Crippen LogP contribution in [0.2, 0.25) is 0 Å². The number of hydrogen-bond acceptors (Lipinski definition) is 3. The SMILES string of the molecule is Cc1cc(C(O)CNCCN(C)C)ccc1F. The molecule has 1 aromatic rings. The van der Waals surface area contributed by atoms with Gasteiger partial charge in [-0.1, -0.05) is 12.1 Å². The van der Waals surface area contributed by atoms with Gasteiger partial charge in [-0.25, -0.2) is 4.39 Å². The lowest BCUT2D eigenvalue weighted by Gasteiger charge is -2.14. The van der Waals surface area contributed by atoms with Gasteiger partial charge in [0.1, 0.15) is 5.82 Å². The van der Waals surface area contributed by atoms with Crippen LogP contribution in [-0.4, -0.2) is 43.7 Å². The minimum atomic E-state index is -0.587. The molecule has 0 heterocycles. The third kappa shape index (κ3) is 4.81. The van der Waals surface area contributed by atoms with Crippen LogP contribution < -0.4 is 5.32 Å². The minimum Gasteiger partial charge on any atom is -0.387 e. The van der Waals surface area contributed by atoms with Crippen LogP contribution in [0.25, 0.3) is 0 Å². The van der Waals surface area contributed by atoms with Gasteiger partial charge >= 0.3 is 0 Å². The van der Waals surface area contributed by atoms with E-state index in [2.05, 4.69) is 10.2 Å². The van der Waals surface area contributed by atoms with Gasteiger partial charge in [-0.05, 0) is 38.2 Å². The zero-order chi connectivity index (χ0) is 12.8. The molecule has 0 bridgehead atoms. The summed E-state index contributed by atoms with van der Waals surface area (Å²) in [7, 11) is 4.00. The molecule has 0 spiro atoms. The molecule has 0 amide bonds. The molecule has 3 nitrogen and oxygen atoms in total. The number of aliphatic hydroxyl groups is 1. The molecule has 0 aliphatic carbocycles. The Balaban J connectivity index is 2.41. The third-order valence-electron chi connectivity index (χ3n) is 2.64. The van der Waals surface area contributed by atoms with Crippen molar-refractivity contribution in [2.75, 3.05) is 33.7 Å². The van der Waals surface area contributed by atoms with E-state index in [-0.39, 0.29) is 5.82 Å². The molecule has 1 aromatic carbocycles. The van der Waals surface area contributed by atoms with Crippen molar-refractivity contribution in [2.24, 2.45) is 0 Å². The highest BCUT2D eigenvalue weighted by Crippen LogP contribution is 2.15. The van der Waals surface area contributed by atoms with Gasteiger partial charge in [0.05, 0.1) is 6.10 Å². The van der Waals surface area contributed by atoms with E-state index in [1.807, 2.05) is 14.1 Å². The molecule has 0 aromatic heterocycles. The first-order valence-electron chi connectivity index (χ1n) is 5.80. The summed E-state index contributed by atoms with van der Waals surface area (Å²) in [6.07, 6.45) is -0.587. The molecule has 4 heteroatoms. The fraction of sp³-hybridized carbons (Fsp3) is 0.538. The number of benzene rings is 1. The average molecular weight is 240 g/mol. The molecular formula is C13H21FN2O. The zero-order valence-corrected chi connectivity index (χ0v) is 10.7. The second-order valence-corrected chi connectivity index (χ2v) is 4.53. The summed E-state index contributed by atoms with van der Waals surface area (Å²) < 4.78 is 13.1. The lowest BCUT2D eigenvalue weighted by Crippen LogP contribution is -2.29. The Labute approximate surface area is 102 Å². The van der Waals surface area contributed by atoms with E-state index < -0.39 is 6.10 Å². The minimum absolute atomic E-state index is 0.235. The maximum atomic E-state index is 13.1. The maximum absolute atomic E-state index is 13.1. The fourth-order valence-corrected chi connectivity index (χ4v) is 1.53. The van der Waals surface area contributed by atoms with Crippen LogP contribution in [0.15, 0.2) is 18.2 Å². The van der Waals surface area contributed by atoms with Gasteiger partial charge in [-0.3, -0.25) is 0 Å². The fourth-order valence-electron chi connectivity index (χ4n) is 1.53. The molecule has 0 aliphatic rings. The number of halogens is 1. The largest absolute Gasteiger partial charge is 0.387 e. The number of hydrogen-bond donors (Lipinski definition) is 2. The summed E-state index contributed by atoms with van der Waals surface area (Å²) >= 11 is 0. The molecule has 96 valence electrons. The first kappa shape index (κ1) is 14.1. The van der Waals surface area contributed by atoms with Gasteiger partial charge in [0, 0.05) is 19.6 Å². The van der Waals surface area contributed by atoms with Gasteiger partial charge in [0.15, 0.2) is 0 Å². The molecule has 0 radical (unpaired) electrons. The Bertz CT molecular complexity index is 355. The lowest BCUT2D eigenvalue weighted by molar-refractivity contribution is 0.173. The van der Waals surface area contributed by atoms with E-state index >= 15 is 0 Å². The molecular weight excluding hydrogens is 219 g/mol. The van der Waals surface area contributed by atoms with E-state index in [4.69, 9.17) is 0 Å². The van der Waals surface area contributed by atoms with Crippen molar-refractivity contribution < 1.29 is 9.50 Å². The Hall–Kier alpha value is -0.970. The second kappa shape index (κ2) is 6.69. The van der Waals surface area contributed by atoms with Crippen molar-refractivity contribution in [1.82, 2.24) is 10.2 Å². The number of nitrogens with zero attached hydrogens (tertiary/aromatic N) is 1. The Morgan fingerprint density at radius 2 is 2.12 bits per heavy atom. The highest BCUT2D eigenvalue weighted by atomic mass is 19.1. The number of aryl methyl sites for hydroxylation is 1. The second-order valence-electron chi connectivity index (χ2n) is 4.53. The predicted octanol–water partition coefficient (Wildman–Crippen LogP) is 1.32. The van der Waals surface area contributed by atoms with Crippen molar-refractivity contribution >= 4 is 0 Å². The summed E-state index contributed by atoms with van der Waals surface area (Å²) in [5, 5.41) is 13.1. The number of nitrogens with one attached hydrogen (secondary N) is 1. The van der Waals surface area contributed by atoms with E-state index in [0.717, 1.165) is 18.7 Å². The standard InChI is InChI=1S/C13H21FN2O/c1-10-8-11(4-5-12(10)14)13(17)9-15-6-7-16(2)3/h4-5,8,13,15,17H,6-7,9H2,1-3H3. The van der Waals surface area contributed by atoms with Crippen LogP contribution in [0.3, 0.4) is 0 Å². The summed E-state index contributed by atoms with van der Waals surface area (Å²) in [5.41, 5.74) is 1.32. The Kier molecular flexibility index (Phi) is 5.55. The molecule has 0 saturated carbocycles. The van der Waals surface area contributed by atoms with Gasteiger partial charge in [0.25, 0.3) is 0 Å². The molecule has 0 aliphatic heterocycles. The van der Waals surface area contributed by atoms with Gasteiger partial charge in [-0.15, -0.1) is 0 Å². The Morgan fingerprint density at radius 3 is 2.71 bits per heavy atom. The number of rotatable bonds is 6. The van der Waals surface area contributed by atoms with Crippen molar-refractivity contribution in [3.63, 3.8) is 0 Å². The number of aliphatic hydroxyl groups excluding tert-OH is 1. The van der Waals surface area contributed by atoms with Crippen molar-refractivity contribution in [3.8, 4) is 0 Å². The van der Waals surface area contributed by atoms with E-state index in [1.54, 1.807) is 19.1 Å². The van der Waals surface area contributed by atoms with Crippen LogP contribution in [0.5, 0.6) is 0 Å². The monoisotopic (exact) mass is 240 g/mol. The molecule has 17 heavy (non-hydrogen) atoms. The summed E-state index contributed by atoms with van der Waals surface area (Å²) in [6.45, 7) is 3.93. The lowest BCUT2D eigenvalue weighted by atomic mass is 10.1. The highest BCUT2D eigenvalue weighted by molar-refractivity contribution is 5.25. The Morgan fingerprint density at radius 1 is 1.41 bits per heavy atom. The topological polar surface area (TPSA) is 35.5 Å². The first-order valence-corrected chi connectivity index (χ1v) is 5.80. The van der Waals surface area contributed by atoms with Crippen LogP contribution in [0.1, 0.15) is 17.2 Å². The molecule has 1 rings (SSSR count). The molecule has 0 saturated heterocycles. The van der Waals surface area contributed by atoms with Gasteiger partial charge < -0.3 is 15.3 Å².